The van der Waals surface area contributed by atoms with Crippen LogP contribution >= 0.6 is 0 Å². The number of hydrogen-bond acceptors (Lipinski definition) is 7. The molecule has 0 spiro atoms. The first-order valence-electron chi connectivity index (χ1n) is 17.8. The van der Waals surface area contributed by atoms with Crippen LogP contribution in [0.4, 0.5) is 0 Å². The molecule has 0 amide bonds. The van der Waals surface area contributed by atoms with E-state index in [1.807, 2.05) is 0 Å². The molecule has 2 aromatic rings. The van der Waals surface area contributed by atoms with Crippen LogP contribution in [-0.2, 0) is 64.4 Å². The summed E-state index contributed by atoms with van der Waals surface area (Å²) in [7, 11) is 0. The molecule has 0 saturated heterocycles. The fraction of sp³-hybridized carbons (Fsp3) is 0.707. The van der Waals surface area contributed by atoms with Crippen LogP contribution in [0, 0.1) is 5.41 Å². The van der Waals surface area contributed by atoms with Crippen molar-refractivity contribution in [3.8, 4) is 0 Å². The molecule has 2 aromatic carbocycles. The second-order valence-electron chi connectivity index (χ2n) is 20.4. The first-order chi connectivity index (χ1) is 23.0. The molecule has 0 unspecified atom stereocenters. The van der Waals surface area contributed by atoms with Crippen LogP contribution in [0.1, 0.15) is 169 Å². The van der Waals surface area contributed by atoms with Gasteiger partial charge in [-0.15, -0.1) is 3.63 Å². The van der Waals surface area contributed by atoms with Gasteiger partial charge in [-0.25, -0.2) is 0 Å². The number of hydrogen-bond donors (Lipinski definition) is 6. The van der Waals surface area contributed by atoms with Crippen molar-refractivity contribution >= 4 is 22.7 Å². The molecule has 2 rings (SSSR count). The van der Waals surface area contributed by atoms with E-state index in [1.165, 1.54) is 0 Å². The van der Waals surface area contributed by atoms with Gasteiger partial charge in [-0.1, -0.05) is 149 Å². The van der Waals surface area contributed by atoms with Crippen LogP contribution in [0.25, 0.3) is 0 Å². The molecule has 0 saturated carbocycles. The summed E-state index contributed by atoms with van der Waals surface area (Å²) in [6.45, 7) is 37.2. The van der Waals surface area contributed by atoms with Gasteiger partial charge in [-0.2, -0.15) is 8.42 Å². The highest BCUT2D eigenvalue weighted by Gasteiger charge is 2.58. The molecule has 0 heterocycles. The second kappa shape index (κ2) is 16.3. The normalized spacial score (nSPS) is 15.2. The highest BCUT2D eigenvalue weighted by molar-refractivity contribution is 7.87. The van der Waals surface area contributed by atoms with Crippen LogP contribution in [0.5, 0.6) is 0 Å². The van der Waals surface area contributed by atoms with E-state index >= 15 is 0 Å². The average Bonchev–Trinajstić information content (AvgIpc) is 2.93. The summed E-state index contributed by atoms with van der Waals surface area (Å²) in [5.41, 5.74) is 1.72. The topological polar surface area (TPSA) is 165 Å². The summed E-state index contributed by atoms with van der Waals surface area (Å²) in [5, 5.41) is 48.0. The molecule has 9 nitrogen and oxygen atoms in total. The average molecular weight is 771 g/mol. The monoisotopic (exact) mass is 770 g/mol. The molecule has 6 N–H and O–H groups in total. The van der Waals surface area contributed by atoms with Gasteiger partial charge in [-0.05, 0) is 77.0 Å². The van der Waals surface area contributed by atoms with Crippen molar-refractivity contribution in [3.05, 3.63) is 68.8 Å². The fourth-order valence-corrected chi connectivity index (χ4v) is 6.89. The third-order valence-corrected chi connectivity index (χ3v) is 10.7. The Balaban J connectivity index is 0.00000174. The zero-order valence-electron chi connectivity index (χ0n) is 35.2. The lowest BCUT2D eigenvalue weighted by Crippen LogP contribution is -2.57. The lowest BCUT2D eigenvalue weighted by atomic mass is 9.55. The Morgan fingerprint density at radius 2 is 0.673 bits per heavy atom. The fourth-order valence-electron chi connectivity index (χ4n) is 6.49. The van der Waals surface area contributed by atoms with Gasteiger partial charge in [0.1, 0.15) is 5.60 Å². The van der Waals surface area contributed by atoms with E-state index < -0.39 is 75.2 Å². The lowest BCUT2D eigenvalue weighted by Gasteiger charge is -2.52. The second-order valence-corrected chi connectivity index (χ2v) is 21.8. The minimum atomic E-state index is -2.65. The molecule has 0 aliphatic carbocycles. The maximum absolute atomic E-state index is 14.1. The van der Waals surface area contributed by atoms with Gasteiger partial charge in [0.2, 0.25) is 0 Å². The Morgan fingerprint density at radius 1 is 0.462 bits per heavy atom. The first kappa shape index (κ1) is 48.5. The maximum Gasteiger partial charge on any atom is 0.317 e. The van der Waals surface area contributed by atoms with Gasteiger partial charge >= 0.3 is 22.7 Å². The summed E-state index contributed by atoms with van der Waals surface area (Å²) < 4.78 is 37.2. The summed E-state index contributed by atoms with van der Waals surface area (Å²) in [6.07, 6.45) is 0. The van der Waals surface area contributed by atoms with E-state index in [-0.39, 0.29) is 10.8 Å². The smallest absolute Gasteiger partial charge is 0.317 e. The summed E-state index contributed by atoms with van der Waals surface area (Å²) in [6, 6.07) is 8.85. The number of rotatable bonds is 8. The zero-order chi connectivity index (χ0) is 41.4. The molecule has 0 aliphatic rings. The molecular formula is C41H70O9S2. The number of aliphatic hydroxyl groups is 4. The minimum Gasteiger partial charge on any atom is -0.395 e. The van der Waals surface area contributed by atoms with Crippen molar-refractivity contribution in [2.45, 2.75) is 163 Å². The molecule has 52 heavy (non-hydrogen) atoms. The molecule has 300 valence electrons. The van der Waals surface area contributed by atoms with Crippen LogP contribution in [0.3, 0.4) is 0 Å². The number of benzene rings is 2. The third-order valence-electron chi connectivity index (χ3n) is 9.76. The largest absolute Gasteiger partial charge is 0.395 e. The van der Waals surface area contributed by atoms with E-state index in [2.05, 4.69) is 153 Å². The zero-order valence-corrected chi connectivity index (χ0v) is 36.8. The van der Waals surface area contributed by atoms with E-state index in [4.69, 9.17) is 9.11 Å². The summed E-state index contributed by atoms with van der Waals surface area (Å²) in [5.74, 6) is 0. The van der Waals surface area contributed by atoms with Crippen molar-refractivity contribution < 1.29 is 41.6 Å². The molecular weight excluding hydrogens is 701 g/mol. The quantitative estimate of drug-likeness (QED) is 0.146. The molecule has 0 fully saturated rings. The third kappa shape index (κ3) is 10.8. The van der Waals surface area contributed by atoms with Crippen molar-refractivity contribution in [3.63, 3.8) is 0 Å². The Bertz CT molecular complexity index is 1400. The number of aliphatic hydroxyl groups excluding tert-OH is 3. The van der Waals surface area contributed by atoms with Crippen molar-refractivity contribution in [2.24, 2.45) is 5.41 Å². The van der Waals surface area contributed by atoms with Gasteiger partial charge in [-0.3, -0.25) is 9.11 Å². The molecule has 0 aliphatic heterocycles. The van der Waals surface area contributed by atoms with E-state index in [0.717, 1.165) is 33.4 Å². The Morgan fingerprint density at radius 3 is 0.788 bits per heavy atom. The molecule has 0 radical (unpaired) electrons. The van der Waals surface area contributed by atoms with Crippen molar-refractivity contribution in [1.82, 2.24) is 0 Å². The van der Waals surface area contributed by atoms with Gasteiger partial charge in [0.05, 0.1) is 25.2 Å². The first-order valence-corrected chi connectivity index (χ1v) is 19.9. The summed E-state index contributed by atoms with van der Waals surface area (Å²) in [4.78, 5) is 0. The SMILES string of the molecule is CC(C)(C)c1cc(C(C)(C)C)c(C(O)(c2c(C(C)(C)C)cc(C(C)(C)C)cc2C(C)(C)C)C(CO)(CO)CO)c(C(C)(C)C)c1.O=S(O)OS(=O)O. The lowest BCUT2D eigenvalue weighted by molar-refractivity contribution is -0.138. The van der Waals surface area contributed by atoms with Gasteiger partial charge < -0.3 is 20.4 Å². The highest BCUT2D eigenvalue weighted by Crippen LogP contribution is 2.56. The van der Waals surface area contributed by atoms with Gasteiger partial charge in [0.25, 0.3) is 0 Å². The predicted octanol–water partition coefficient (Wildman–Crippen LogP) is 7.95. The Hall–Kier alpha value is -1.54. The van der Waals surface area contributed by atoms with E-state index in [9.17, 15) is 28.8 Å². The van der Waals surface area contributed by atoms with Crippen LogP contribution < -0.4 is 0 Å². The van der Waals surface area contributed by atoms with Crippen LogP contribution in [0.15, 0.2) is 24.3 Å². The van der Waals surface area contributed by atoms with Crippen LogP contribution in [-0.4, -0.2) is 57.8 Å². The Labute approximate surface area is 320 Å². The van der Waals surface area contributed by atoms with E-state index in [1.54, 1.807) is 0 Å². The molecule has 0 bridgehead atoms. The molecule has 0 aromatic heterocycles. The Kier molecular flexibility index (Phi) is 15.2. The highest BCUT2D eigenvalue weighted by atomic mass is 32.3. The van der Waals surface area contributed by atoms with Crippen molar-refractivity contribution in [2.75, 3.05) is 19.8 Å². The summed E-state index contributed by atoms with van der Waals surface area (Å²) >= 11 is -5.29. The van der Waals surface area contributed by atoms with Gasteiger partial charge in [0, 0.05) is 0 Å². The van der Waals surface area contributed by atoms with Crippen molar-refractivity contribution in [1.29, 1.82) is 0 Å². The van der Waals surface area contributed by atoms with Gasteiger partial charge in [0.15, 0.2) is 0 Å². The van der Waals surface area contributed by atoms with Crippen LogP contribution in [0.2, 0.25) is 0 Å². The molecule has 0 atom stereocenters. The van der Waals surface area contributed by atoms with E-state index in [0.29, 0.717) is 11.1 Å². The predicted molar refractivity (Wildman–Crippen MR) is 214 cm³/mol. The molecule has 11 heteroatoms. The standard InChI is InChI=1S/C41H68O4.H2O5S2/c1-34(2,3)26-19-28(36(7,8)9)32(29(20-26)37(10,11)12)41(45,40(23-42,24-43)25-44)33-30(38(13,14)15)21-27(35(4,5)6)22-31(33)39(16,17)18;1-6(2)5-7(3)4/h19-22,42-45H,23-25H2,1-18H3;(H,1,2)(H,3,4). The minimum absolute atomic E-state index is 0.167. The maximum atomic E-state index is 14.1.